The topological polar surface area (TPSA) is 96.0 Å². The lowest BCUT2D eigenvalue weighted by atomic mass is 10.1. The van der Waals surface area contributed by atoms with E-state index < -0.39 is 5.25 Å². The predicted molar refractivity (Wildman–Crippen MR) is 163 cm³/mol. The van der Waals surface area contributed by atoms with E-state index >= 15 is 0 Å². The smallest absolute Gasteiger partial charge is 0.244 e. The predicted octanol–water partition coefficient (Wildman–Crippen LogP) is 7.13. The second-order valence-corrected chi connectivity index (χ2v) is 11.5. The van der Waals surface area contributed by atoms with Crippen molar-refractivity contribution >= 4 is 80.6 Å². The number of rotatable bonds is 10. The number of carbonyl (C=O) groups is 2. The number of ketones is 1. The van der Waals surface area contributed by atoms with Crippen molar-refractivity contribution in [2.24, 2.45) is 0 Å². The molecule has 194 valence electrons. The summed E-state index contributed by atoms with van der Waals surface area (Å²) in [6.45, 7) is 3.56. The minimum Gasteiger partial charge on any atom is -0.332 e. The fourth-order valence-corrected chi connectivity index (χ4v) is 5.98. The zero-order valence-corrected chi connectivity index (χ0v) is 23.9. The number of aromatic nitrogens is 2. The molecular weight excluding hydrogens is 555 g/mol. The highest BCUT2D eigenvalue weighted by Gasteiger charge is 2.23. The third-order valence-electron chi connectivity index (χ3n) is 5.15. The quantitative estimate of drug-likeness (QED) is 0.103. The average Bonchev–Trinajstić information content (AvgIpc) is 3.35. The number of nitrogens with zero attached hydrogens (tertiary/aromatic N) is 2. The first-order valence-corrected chi connectivity index (χ1v) is 14.7. The van der Waals surface area contributed by atoms with Crippen molar-refractivity contribution in [3.8, 4) is 0 Å². The molecule has 7 nitrogen and oxygen atoms in total. The second kappa shape index (κ2) is 13.5. The molecule has 11 heteroatoms. The molecule has 1 unspecified atom stereocenters. The molecule has 38 heavy (non-hydrogen) atoms. The Kier molecular flexibility index (Phi) is 9.88. The lowest BCUT2D eigenvalue weighted by Gasteiger charge is -2.17. The van der Waals surface area contributed by atoms with E-state index in [0.29, 0.717) is 21.0 Å². The molecule has 3 aromatic carbocycles. The van der Waals surface area contributed by atoms with E-state index in [0.717, 1.165) is 27.6 Å². The first kappa shape index (κ1) is 27.8. The molecule has 0 bridgehead atoms. The first-order chi connectivity index (χ1) is 18.4. The molecule has 1 atom stereocenters. The van der Waals surface area contributed by atoms with E-state index in [1.165, 1.54) is 42.0 Å². The number of benzene rings is 3. The number of thioether (sulfide) groups is 2. The van der Waals surface area contributed by atoms with Crippen LogP contribution in [0.5, 0.6) is 0 Å². The average molecular weight is 580 g/mol. The molecule has 1 aromatic heterocycles. The monoisotopic (exact) mass is 579 g/mol. The molecule has 4 aromatic rings. The second-order valence-electron chi connectivity index (χ2n) is 7.95. The SMILES string of the molecule is CCSc1nsc(NC(=O)C(Sc2cccc(NC(=S)Nc3ccc(C(C)=O)cc3)c2)c2ccccc2)n1. The van der Waals surface area contributed by atoms with Crippen LogP contribution in [0, 0.1) is 0 Å². The highest BCUT2D eigenvalue weighted by Crippen LogP contribution is 2.37. The van der Waals surface area contributed by atoms with Crippen LogP contribution in [0.15, 0.2) is 88.9 Å². The molecule has 0 fully saturated rings. The summed E-state index contributed by atoms with van der Waals surface area (Å²) in [5, 5.41) is 10.3. The van der Waals surface area contributed by atoms with Gasteiger partial charge in [-0.15, -0.1) is 11.8 Å². The Morgan fingerprint density at radius 1 is 0.947 bits per heavy atom. The van der Waals surface area contributed by atoms with Gasteiger partial charge in [0.1, 0.15) is 5.25 Å². The number of hydrogen-bond acceptors (Lipinski definition) is 8. The van der Waals surface area contributed by atoms with Crippen molar-refractivity contribution in [1.29, 1.82) is 0 Å². The maximum absolute atomic E-state index is 13.3. The van der Waals surface area contributed by atoms with Crippen LogP contribution in [0.25, 0.3) is 0 Å². The maximum atomic E-state index is 13.3. The summed E-state index contributed by atoms with van der Waals surface area (Å²) < 4.78 is 4.29. The number of anilines is 3. The number of nitrogens with one attached hydrogen (secondary N) is 3. The van der Waals surface area contributed by atoms with Crippen LogP contribution >= 0.6 is 47.3 Å². The van der Waals surface area contributed by atoms with Crippen LogP contribution in [-0.2, 0) is 4.79 Å². The van der Waals surface area contributed by atoms with Gasteiger partial charge in [-0.3, -0.25) is 14.9 Å². The van der Waals surface area contributed by atoms with Gasteiger partial charge in [0.2, 0.25) is 16.2 Å². The molecule has 1 amide bonds. The van der Waals surface area contributed by atoms with Gasteiger partial charge in [0, 0.05) is 33.4 Å². The first-order valence-electron chi connectivity index (χ1n) is 11.7. The van der Waals surface area contributed by atoms with Gasteiger partial charge in [-0.1, -0.05) is 55.1 Å². The summed E-state index contributed by atoms with van der Waals surface area (Å²) in [5.41, 5.74) is 3.08. The van der Waals surface area contributed by atoms with Crippen molar-refractivity contribution < 1.29 is 9.59 Å². The van der Waals surface area contributed by atoms with E-state index in [4.69, 9.17) is 12.2 Å². The zero-order valence-electron chi connectivity index (χ0n) is 20.6. The van der Waals surface area contributed by atoms with Crippen molar-refractivity contribution in [2.75, 3.05) is 21.7 Å². The van der Waals surface area contributed by atoms with Crippen LogP contribution in [-0.4, -0.2) is 31.9 Å². The summed E-state index contributed by atoms with van der Waals surface area (Å²) in [5.74, 6) is 0.704. The highest BCUT2D eigenvalue weighted by atomic mass is 32.2. The van der Waals surface area contributed by atoms with Crippen LogP contribution in [0.1, 0.15) is 35.0 Å². The van der Waals surface area contributed by atoms with Crippen LogP contribution < -0.4 is 16.0 Å². The molecule has 0 aliphatic carbocycles. The molecule has 0 aliphatic rings. The summed E-state index contributed by atoms with van der Waals surface area (Å²) >= 11 is 9.62. The minimum absolute atomic E-state index is 0.0117. The van der Waals surface area contributed by atoms with Crippen LogP contribution in [0.2, 0.25) is 0 Å². The fourth-order valence-electron chi connectivity index (χ4n) is 3.39. The van der Waals surface area contributed by atoms with E-state index in [1.807, 2.05) is 73.7 Å². The van der Waals surface area contributed by atoms with Crippen LogP contribution in [0.3, 0.4) is 0 Å². The molecule has 1 heterocycles. The molecular formula is C27H25N5O2S4. The van der Waals surface area contributed by atoms with Gasteiger partial charge in [-0.25, -0.2) is 0 Å². The third-order valence-corrected chi connectivity index (χ3v) is 8.07. The van der Waals surface area contributed by atoms with E-state index in [1.54, 1.807) is 12.1 Å². The Labute approximate surface area is 239 Å². The highest BCUT2D eigenvalue weighted by molar-refractivity contribution is 8.00. The summed E-state index contributed by atoms with van der Waals surface area (Å²) in [6, 6.07) is 24.5. The van der Waals surface area contributed by atoms with Gasteiger partial charge in [0.05, 0.1) is 0 Å². The van der Waals surface area contributed by atoms with E-state index in [2.05, 4.69) is 25.3 Å². The number of carbonyl (C=O) groups excluding carboxylic acids is 2. The molecule has 0 aliphatic heterocycles. The van der Waals surface area contributed by atoms with E-state index in [-0.39, 0.29) is 11.7 Å². The number of amides is 1. The summed E-state index contributed by atoms with van der Waals surface area (Å²) in [7, 11) is 0. The van der Waals surface area contributed by atoms with E-state index in [9.17, 15) is 9.59 Å². The molecule has 0 spiro atoms. The van der Waals surface area contributed by atoms with Crippen molar-refractivity contribution in [1.82, 2.24) is 9.36 Å². The van der Waals surface area contributed by atoms with Crippen molar-refractivity contribution in [3.63, 3.8) is 0 Å². The lowest BCUT2D eigenvalue weighted by molar-refractivity contribution is -0.115. The number of hydrogen-bond donors (Lipinski definition) is 3. The standard InChI is InChI=1S/C27H25N5O2S4/c1-3-36-27-31-26(38-32-27)30-24(34)23(19-8-5-4-6-9-19)37-22-11-7-10-21(16-22)29-25(35)28-20-14-12-18(13-15-20)17(2)33/h4-16,23H,3H2,1-2H3,(H2,28,29,35)(H,30,31,32,34). The number of thiocarbonyl (C=S) groups is 1. The van der Waals surface area contributed by atoms with Gasteiger partial charge in [-0.05, 0) is 72.9 Å². The fraction of sp³-hybridized carbons (Fsp3) is 0.148. The molecule has 0 radical (unpaired) electrons. The Morgan fingerprint density at radius 3 is 2.39 bits per heavy atom. The largest absolute Gasteiger partial charge is 0.332 e. The Balaban J connectivity index is 1.45. The Hall–Kier alpha value is -3.25. The Morgan fingerprint density at radius 2 is 1.68 bits per heavy atom. The van der Waals surface area contributed by atoms with Gasteiger partial charge >= 0.3 is 0 Å². The Bertz CT molecular complexity index is 1410. The summed E-state index contributed by atoms with van der Waals surface area (Å²) in [4.78, 5) is 30.1. The number of Topliss-reactive ketones (excluding diaryl/α,β-unsaturated/α-hetero) is 1. The van der Waals surface area contributed by atoms with Gasteiger partial charge in [0.15, 0.2) is 10.9 Å². The normalized spacial score (nSPS) is 11.4. The van der Waals surface area contributed by atoms with Gasteiger partial charge in [-0.2, -0.15) is 9.36 Å². The third kappa shape index (κ3) is 7.87. The van der Waals surface area contributed by atoms with Gasteiger partial charge < -0.3 is 10.6 Å². The van der Waals surface area contributed by atoms with Crippen molar-refractivity contribution in [3.05, 3.63) is 90.0 Å². The zero-order chi connectivity index (χ0) is 26.9. The maximum Gasteiger partial charge on any atom is 0.244 e. The molecule has 0 saturated heterocycles. The van der Waals surface area contributed by atoms with Gasteiger partial charge in [0.25, 0.3) is 0 Å². The molecule has 0 saturated carbocycles. The molecule has 4 rings (SSSR count). The van der Waals surface area contributed by atoms with Crippen LogP contribution in [0.4, 0.5) is 16.5 Å². The lowest BCUT2D eigenvalue weighted by Crippen LogP contribution is -2.19. The van der Waals surface area contributed by atoms with Crippen molar-refractivity contribution in [2.45, 2.75) is 29.1 Å². The molecule has 3 N–H and O–H groups in total. The minimum atomic E-state index is -0.498. The summed E-state index contributed by atoms with van der Waals surface area (Å²) in [6.07, 6.45) is 0.